The fourth-order valence-electron chi connectivity index (χ4n) is 1.46. The van der Waals surface area contributed by atoms with Crippen LogP contribution in [0.4, 0.5) is 4.39 Å². The van der Waals surface area contributed by atoms with Gasteiger partial charge in [0.15, 0.2) is 5.82 Å². The molecular formula is C10H10ClFN4O. The van der Waals surface area contributed by atoms with Crippen molar-refractivity contribution in [1.29, 1.82) is 0 Å². The Balaban J connectivity index is 2.17. The molecule has 1 aromatic carbocycles. The van der Waals surface area contributed by atoms with E-state index in [1.165, 1.54) is 16.9 Å². The van der Waals surface area contributed by atoms with Crippen LogP contribution in [-0.4, -0.2) is 25.3 Å². The highest BCUT2D eigenvalue weighted by atomic mass is 35.5. The molecule has 0 aliphatic rings. The van der Waals surface area contributed by atoms with Crippen molar-refractivity contribution in [1.82, 2.24) is 20.2 Å². The molecule has 2 rings (SSSR count). The molecule has 90 valence electrons. The Labute approximate surface area is 102 Å². The van der Waals surface area contributed by atoms with Crippen molar-refractivity contribution in [2.45, 2.75) is 12.5 Å². The molecule has 0 saturated carbocycles. The maximum absolute atomic E-state index is 12.8. The molecule has 7 heteroatoms. The lowest BCUT2D eigenvalue weighted by atomic mass is 10.1. The van der Waals surface area contributed by atoms with Gasteiger partial charge in [-0.3, -0.25) is 0 Å². The van der Waals surface area contributed by atoms with Crippen LogP contribution in [0.2, 0.25) is 5.02 Å². The predicted molar refractivity (Wildman–Crippen MR) is 58.9 cm³/mol. The van der Waals surface area contributed by atoms with E-state index in [9.17, 15) is 9.50 Å². The van der Waals surface area contributed by atoms with E-state index in [1.807, 2.05) is 0 Å². The van der Waals surface area contributed by atoms with Gasteiger partial charge in [0.1, 0.15) is 5.82 Å². The average Bonchev–Trinajstić information content (AvgIpc) is 2.63. The zero-order valence-electron chi connectivity index (χ0n) is 9.01. The highest BCUT2D eigenvalue weighted by Crippen LogP contribution is 2.25. The van der Waals surface area contributed by atoms with Gasteiger partial charge in [-0.15, -0.1) is 10.2 Å². The topological polar surface area (TPSA) is 63.8 Å². The summed E-state index contributed by atoms with van der Waals surface area (Å²) >= 11 is 5.83. The third-order valence-corrected chi connectivity index (χ3v) is 2.57. The number of tetrazole rings is 1. The molecule has 0 bridgehead atoms. The number of aliphatic hydroxyl groups is 1. The number of hydrogen-bond donors (Lipinski definition) is 1. The fourth-order valence-corrected chi connectivity index (χ4v) is 1.75. The predicted octanol–water partition coefficient (Wildman–Crippen LogP) is 1.28. The Morgan fingerprint density at radius 1 is 1.53 bits per heavy atom. The standard InChI is InChI=1S/C10H10ClFN4O/c1-16-14-10(13-15-16)5-9(17)7-3-2-6(12)4-8(7)11/h2-4,9,17H,5H2,1H3. The second-order valence-electron chi connectivity index (χ2n) is 3.58. The zero-order valence-corrected chi connectivity index (χ0v) is 9.76. The molecule has 0 radical (unpaired) electrons. The minimum Gasteiger partial charge on any atom is -0.388 e. The monoisotopic (exact) mass is 256 g/mol. The van der Waals surface area contributed by atoms with Crippen LogP contribution in [0.5, 0.6) is 0 Å². The molecule has 0 spiro atoms. The van der Waals surface area contributed by atoms with E-state index in [-0.39, 0.29) is 11.4 Å². The van der Waals surface area contributed by atoms with Crippen LogP contribution >= 0.6 is 11.6 Å². The summed E-state index contributed by atoms with van der Waals surface area (Å²) in [6.45, 7) is 0. The van der Waals surface area contributed by atoms with E-state index >= 15 is 0 Å². The lowest BCUT2D eigenvalue weighted by Crippen LogP contribution is -2.05. The molecule has 1 N–H and O–H groups in total. The molecule has 17 heavy (non-hydrogen) atoms. The molecule has 1 heterocycles. The van der Waals surface area contributed by atoms with Crippen LogP contribution in [0.25, 0.3) is 0 Å². The van der Waals surface area contributed by atoms with E-state index < -0.39 is 11.9 Å². The molecule has 0 saturated heterocycles. The van der Waals surface area contributed by atoms with Gasteiger partial charge in [-0.25, -0.2) is 4.39 Å². The molecule has 0 amide bonds. The summed E-state index contributed by atoms with van der Waals surface area (Å²) in [7, 11) is 1.63. The number of aliphatic hydroxyl groups excluding tert-OH is 1. The normalized spacial score (nSPS) is 12.7. The maximum Gasteiger partial charge on any atom is 0.177 e. The SMILES string of the molecule is Cn1nnc(CC(O)c2ccc(F)cc2Cl)n1. The first kappa shape index (κ1) is 11.9. The third kappa shape index (κ3) is 2.78. The van der Waals surface area contributed by atoms with Crippen LogP contribution in [0.1, 0.15) is 17.5 Å². The summed E-state index contributed by atoms with van der Waals surface area (Å²) in [6.07, 6.45) is -0.702. The van der Waals surface area contributed by atoms with Gasteiger partial charge in [-0.05, 0) is 22.9 Å². The first-order valence-electron chi connectivity index (χ1n) is 4.92. The molecule has 1 unspecified atom stereocenters. The second-order valence-corrected chi connectivity index (χ2v) is 3.99. The van der Waals surface area contributed by atoms with Crippen LogP contribution in [0.3, 0.4) is 0 Å². The largest absolute Gasteiger partial charge is 0.388 e. The molecule has 1 aromatic heterocycles. The number of rotatable bonds is 3. The Bertz CT molecular complexity index is 531. The van der Waals surface area contributed by atoms with Crippen molar-refractivity contribution in [3.05, 3.63) is 40.4 Å². The molecule has 0 fully saturated rings. The molecule has 2 aromatic rings. The third-order valence-electron chi connectivity index (χ3n) is 2.25. The zero-order chi connectivity index (χ0) is 12.4. The summed E-state index contributed by atoms with van der Waals surface area (Å²) in [5, 5.41) is 21.5. The highest BCUT2D eigenvalue weighted by molar-refractivity contribution is 6.31. The van der Waals surface area contributed by atoms with Crippen molar-refractivity contribution in [3.63, 3.8) is 0 Å². The number of aromatic nitrogens is 4. The van der Waals surface area contributed by atoms with Crippen molar-refractivity contribution < 1.29 is 9.50 Å². The Morgan fingerprint density at radius 2 is 2.29 bits per heavy atom. The van der Waals surface area contributed by atoms with Crippen molar-refractivity contribution in [2.24, 2.45) is 7.05 Å². The molecule has 1 atom stereocenters. The van der Waals surface area contributed by atoms with Gasteiger partial charge in [0.05, 0.1) is 13.2 Å². The Hall–Kier alpha value is -1.53. The number of halogens is 2. The number of benzene rings is 1. The first-order valence-corrected chi connectivity index (χ1v) is 5.30. The van der Waals surface area contributed by atoms with Gasteiger partial charge in [0.25, 0.3) is 0 Å². The van der Waals surface area contributed by atoms with Crippen molar-refractivity contribution in [3.8, 4) is 0 Å². The van der Waals surface area contributed by atoms with E-state index in [4.69, 9.17) is 11.6 Å². The van der Waals surface area contributed by atoms with Gasteiger partial charge < -0.3 is 5.11 Å². The lowest BCUT2D eigenvalue weighted by Gasteiger charge is -2.10. The smallest absolute Gasteiger partial charge is 0.177 e. The minimum atomic E-state index is -0.882. The van der Waals surface area contributed by atoms with Crippen LogP contribution in [0.15, 0.2) is 18.2 Å². The van der Waals surface area contributed by atoms with Gasteiger partial charge in [-0.1, -0.05) is 17.7 Å². The number of hydrogen-bond acceptors (Lipinski definition) is 4. The summed E-state index contributed by atoms with van der Waals surface area (Å²) in [5.74, 6) is -0.0380. The first-order chi connectivity index (χ1) is 8.06. The number of nitrogens with zero attached hydrogens (tertiary/aromatic N) is 4. The van der Waals surface area contributed by atoms with E-state index in [0.29, 0.717) is 11.4 Å². The summed E-state index contributed by atoms with van der Waals surface area (Å²) in [4.78, 5) is 1.30. The van der Waals surface area contributed by atoms with E-state index in [1.54, 1.807) is 7.05 Å². The van der Waals surface area contributed by atoms with Gasteiger partial charge in [-0.2, -0.15) is 4.80 Å². The second kappa shape index (κ2) is 4.77. The van der Waals surface area contributed by atoms with Gasteiger partial charge in [0, 0.05) is 11.4 Å². The number of aryl methyl sites for hydroxylation is 1. The summed E-state index contributed by atoms with van der Waals surface area (Å²) in [5.41, 5.74) is 0.445. The molecule has 0 aliphatic heterocycles. The van der Waals surface area contributed by atoms with E-state index in [2.05, 4.69) is 15.4 Å². The fraction of sp³-hybridized carbons (Fsp3) is 0.300. The van der Waals surface area contributed by atoms with Gasteiger partial charge >= 0.3 is 0 Å². The summed E-state index contributed by atoms with van der Waals surface area (Å²) < 4.78 is 12.8. The van der Waals surface area contributed by atoms with Crippen LogP contribution in [-0.2, 0) is 13.5 Å². The van der Waals surface area contributed by atoms with Crippen molar-refractivity contribution >= 4 is 11.6 Å². The van der Waals surface area contributed by atoms with Crippen LogP contribution < -0.4 is 0 Å². The summed E-state index contributed by atoms with van der Waals surface area (Å²) in [6, 6.07) is 3.84. The van der Waals surface area contributed by atoms with E-state index in [0.717, 1.165) is 6.07 Å². The Morgan fingerprint density at radius 3 is 2.88 bits per heavy atom. The van der Waals surface area contributed by atoms with Gasteiger partial charge in [0.2, 0.25) is 0 Å². The maximum atomic E-state index is 12.8. The van der Waals surface area contributed by atoms with Crippen LogP contribution in [0, 0.1) is 5.82 Å². The quantitative estimate of drug-likeness (QED) is 0.899. The van der Waals surface area contributed by atoms with Crippen molar-refractivity contribution in [2.75, 3.05) is 0 Å². The minimum absolute atomic E-state index is 0.180. The molecule has 0 aliphatic carbocycles. The Kier molecular flexibility index (Phi) is 3.35. The average molecular weight is 257 g/mol. The molecule has 5 nitrogen and oxygen atoms in total. The lowest BCUT2D eigenvalue weighted by molar-refractivity contribution is 0.175. The molecular weight excluding hydrogens is 247 g/mol. The highest BCUT2D eigenvalue weighted by Gasteiger charge is 2.15.